The molecule has 128 valence electrons. The van der Waals surface area contributed by atoms with Crippen LogP contribution in [0.4, 0.5) is 0 Å². The van der Waals surface area contributed by atoms with Crippen LogP contribution in [0.15, 0.2) is 34.8 Å². The number of hydrogen-bond donors (Lipinski definition) is 2. The van der Waals surface area contributed by atoms with Crippen molar-refractivity contribution in [1.29, 1.82) is 0 Å². The Morgan fingerprint density at radius 2 is 2.08 bits per heavy atom. The number of aromatic nitrogens is 2. The molecule has 5 nitrogen and oxygen atoms in total. The first-order valence-corrected chi connectivity index (χ1v) is 9.12. The Kier molecular flexibility index (Phi) is 4.00. The molecule has 0 radical (unpaired) electrons. The monoisotopic (exact) mass is 399 g/mol. The Balaban J connectivity index is 1.68. The van der Waals surface area contributed by atoms with Crippen molar-refractivity contribution in [2.45, 2.75) is 32.9 Å². The van der Waals surface area contributed by atoms with Gasteiger partial charge in [0.05, 0.1) is 16.8 Å². The molecule has 0 unspecified atom stereocenters. The summed E-state index contributed by atoms with van der Waals surface area (Å²) >= 11 is 3.47. The smallest absolute Gasteiger partial charge is 0.258 e. The number of amides is 1. The van der Waals surface area contributed by atoms with Crippen LogP contribution >= 0.6 is 15.9 Å². The van der Waals surface area contributed by atoms with Crippen molar-refractivity contribution in [2.24, 2.45) is 0 Å². The fraction of sp³-hybridized carbons (Fsp3) is 0.263. The summed E-state index contributed by atoms with van der Waals surface area (Å²) in [6.45, 7) is 3.21. The number of aromatic amines is 1. The molecule has 0 spiro atoms. The van der Waals surface area contributed by atoms with Gasteiger partial charge < -0.3 is 10.0 Å². The third-order valence-corrected chi connectivity index (χ3v) is 5.15. The van der Waals surface area contributed by atoms with E-state index in [0.29, 0.717) is 18.7 Å². The Hall–Kier alpha value is -2.34. The van der Waals surface area contributed by atoms with Crippen molar-refractivity contribution >= 4 is 32.7 Å². The molecule has 4 rings (SSSR count). The Bertz CT molecular complexity index is 980. The first kappa shape index (κ1) is 16.1. The molecule has 6 heteroatoms. The molecule has 0 bridgehead atoms. The summed E-state index contributed by atoms with van der Waals surface area (Å²) in [7, 11) is 0. The van der Waals surface area contributed by atoms with Crippen LogP contribution in [0, 0.1) is 0 Å². The van der Waals surface area contributed by atoms with E-state index in [1.54, 1.807) is 17.0 Å². The van der Waals surface area contributed by atoms with Crippen molar-refractivity contribution in [3.8, 4) is 5.75 Å². The predicted molar refractivity (Wildman–Crippen MR) is 99.5 cm³/mol. The van der Waals surface area contributed by atoms with Gasteiger partial charge in [-0.3, -0.25) is 9.89 Å². The highest BCUT2D eigenvalue weighted by Crippen LogP contribution is 2.31. The van der Waals surface area contributed by atoms with Gasteiger partial charge in [0.1, 0.15) is 5.75 Å². The molecule has 1 amide bonds. The average molecular weight is 400 g/mol. The zero-order chi connectivity index (χ0) is 17.6. The predicted octanol–water partition coefficient (Wildman–Crippen LogP) is 4.14. The maximum Gasteiger partial charge on any atom is 0.258 e. The number of halogens is 1. The lowest BCUT2D eigenvalue weighted by Crippen LogP contribution is -2.25. The van der Waals surface area contributed by atoms with Crippen LogP contribution in [0.2, 0.25) is 0 Å². The number of carbonyl (C=O) groups is 1. The SMILES string of the molecule is CCCc1n[nH]c2cc(O)c(C(=O)N3Cc4ccc(Br)cc4C3)cc12. The van der Waals surface area contributed by atoms with Gasteiger partial charge in [-0.1, -0.05) is 35.3 Å². The third kappa shape index (κ3) is 2.80. The Morgan fingerprint density at radius 1 is 1.28 bits per heavy atom. The summed E-state index contributed by atoms with van der Waals surface area (Å²) in [5.41, 5.74) is 4.30. The summed E-state index contributed by atoms with van der Waals surface area (Å²) in [5.74, 6) is -0.170. The van der Waals surface area contributed by atoms with Crippen molar-refractivity contribution in [2.75, 3.05) is 0 Å². The van der Waals surface area contributed by atoms with Crippen LogP contribution in [0.3, 0.4) is 0 Å². The third-order valence-electron chi connectivity index (χ3n) is 4.65. The highest BCUT2D eigenvalue weighted by Gasteiger charge is 2.26. The second kappa shape index (κ2) is 6.19. The minimum Gasteiger partial charge on any atom is -0.507 e. The van der Waals surface area contributed by atoms with E-state index in [1.165, 1.54) is 0 Å². The number of nitrogens with one attached hydrogen (secondary N) is 1. The topological polar surface area (TPSA) is 69.2 Å². The maximum atomic E-state index is 13.0. The quantitative estimate of drug-likeness (QED) is 0.695. The number of aromatic hydroxyl groups is 1. The van der Waals surface area contributed by atoms with Crippen LogP contribution in [-0.4, -0.2) is 26.1 Å². The number of phenolic OH excluding ortho intramolecular Hbond substituents is 1. The van der Waals surface area contributed by atoms with Gasteiger partial charge in [0.15, 0.2) is 0 Å². The van der Waals surface area contributed by atoms with E-state index in [0.717, 1.165) is 45.0 Å². The number of benzene rings is 2. The zero-order valence-corrected chi connectivity index (χ0v) is 15.4. The number of carbonyl (C=O) groups excluding carboxylic acids is 1. The second-order valence-corrected chi connectivity index (χ2v) is 7.33. The van der Waals surface area contributed by atoms with Gasteiger partial charge >= 0.3 is 0 Å². The van der Waals surface area contributed by atoms with Gasteiger partial charge in [-0.2, -0.15) is 5.10 Å². The number of rotatable bonds is 3. The summed E-state index contributed by atoms with van der Waals surface area (Å²) in [6, 6.07) is 9.42. The van der Waals surface area contributed by atoms with Crippen molar-refractivity contribution < 1.29 is 9.90 Å². The molecule has 0 saturated heterocycles. The van der Waals surface area contributed by atoms with E-state index in [1.807, 2.05) is 18.2 Å². The number of nitrogens with zero attached hydrogens (tertiary/aromatic N) is 2. The fourth-order valence-electron chi connectivity index (χ4n) is 3.38. The van der Waals surface area contributed by atoms with E-state index in [9.17, 15) is 9.90 Å². The van der Waals surface area contributed by atoms with Gasteiger partial charge in [0.2, 0.25) is 0 Å². The van der Waals surface area contributed by atoms with Gasteiger partial charge in [-0.05, 0) is 35.7 Å². The number of fused-ring (bicyclic) bond motifs is 2. The lowest BCUT2D eigenvalue weighted by atomic mass is 10.1. The molecular weight excluding hydrogens is 382 g/mol. The largest absolute Gasteiger partial charge is 0.507 e. The highest BCUT2D eigenvalue weighted by molar-refractivity contribution is 9.10. The van der Waals surface area contributed by atoms with E-state index in [2.05, 4.69) is 33.1 Å². The number of aryl methyl sites for hydroxylation is 1. The molecule has 0 atom stereocenters. The molecule has 1 aliphatic rings. The molecule has 25 heavy (non-hydrogen) atoms. The van der Waals surface area contributed by atoms with Gasteiger partial charge in [0, 0.05) is 29.0 Å². The van der Waals surface area contributed by atoms with Crippen molar-refractivity contribution in [1.82, 2.24) is 15.1 Å². The molecule has 3 aromatic rings. The van der Waals surface area contributed by atoms with Crippen LogP contribution in [0.5, 0.6) is 5.75 Å². The molecule has 1 aromatic heterocycles. The Morgan fingerprint density at radius 3 is 2.88 bits per heavy atom. The van der Waals surface area contributed by atoms with Crippen LogP contribution in [-0.2, 0) is 19.5 Å². The number of phenols is 1. The normalized spacial score (nSPS) is 13.4. The van der Waals surface area contributed by atoms with Gasteiger partial charge in [-0.25, -0.2) is 0 Å². The van der Waals surface area contributed by atoms with Crippen LogP contribution < -0.4 is 0 Å². The minimum absolute atomic E-state index is 0.0127. The standard InChI is InChI=1S/C19H18BrN3O2/c1-2-3-16-14-7-15(18(24)8-17(14)22-21-16)19(25)23-9-11-4-5-13(20)6-12(11)10-23/h4-8,24H,2-3,9-10H2,1H3,(H,21,22). The average Bonchev–Trinajstić information content (AvgIpc) is 3.17. The second-order valence-electron chi connectivity index (χ2n) is 6.41. The zero-order valence-electron chi connectivity index (χ0n) is 13.8. The highest BCUT2D eigenvalue weighted by atomic mass is 79.9. The lowest BCUT2D eigenvalue weighted by molar-refractivity contribution is 0.0748. The molecule has 0 fully saturated rings. The van der Waals surface area contributed by atoms with Crippen LogP contribution in [0.1, 0.15) is 40.5 Å². The summed E-state index contributed by atoms with van der Waals surface area (Å²) in [4.78, 5) is 14.7. The molecule has 1 aliphatic heterocycles. The Labute approximate surface area is 153 Å². The van der Waals surface area contributed by atoms with Crippen molar-refractivity contribution in [3.05, 3.63) is 57.2 Å². The van der Waals surface area contributed by atoms with Gasteiger partial charge in [-0.15, -0.1) is 0 Å². The first-order valence-electron chi connectivity index (χ1n) is 8.33. The number of H-pyrrole nitrogens is 1. The molecule has 2 aromatic carbocycles. The van der Waals surface area contributed by atoms with E-state index in [-0.39, 0.29) is 11.7 Å². The van der Waals surface area contributed by atoms with E-state index in [4.69, 9.17) is 0 Å². The maximum absolute atomic E-state index is 13.0. The first-order chi connectivity index (χ1) is 12.1. The molecule has 0 aliphatic carbocycles. The molecule has 0 saturated carbocycles. The number of hydrogen-bond acceptors (Lipinski definition) is 3. The summed E-state index contributed by atoms with van der Waals surface area (Å²) in [6.07, 6.45) is 1.81. The molecule has 2 N–H and O–H groups in total. The summed E-state index contributed by atoms with van der Waals surface area (Å²) in [5, 5.41) is 18.5. The van der Waals surface area contributed by atoms with Crippen LogP contribution in [0.25, 0.3) is 10.9 Å². The lowest BCUT2D eigenvalue weighted by Gasteiger charge is -2.16. The molecular formula is C19H18BrN3O2. The van der Waals surface area contributed by atoms with Gasteiger partial charge in [0.25, 0.3) is 5.91 Å². The molecule has 2 heterocycles. The van der Waals surface area contributed by atoms with E-state index < -0.39 is 0 Å². The summed E-state index contributed by atoms with van der Waals surface area (Å²) < 4.78 is 1.01. The van der Waals surface area contributed by atoms with Crippen molar-refractivity contribution in [3.63, 3.8) is 0 Å². The minimum atomic E-state index is -0.157. The fourth-order valence-corrected chi connectivity index (χ4v) is 3.79. The van der Waals surface area contributed by atoms with E-state index >= 15 is 0 Å².